The number of carbonyl (C=O) groups is 3. The Morgan fingerprint density at radius 1 is 1.17 bits per heavy atom. The summed E-state index contributed by atoms with van der Waals surface area (Å²) in [4.78, 5) is 42.6. The van der Waals surface area contributed by atoms with Crippen molar-refractivity contribution in [3.05, 3.63) is 52.4 Å². The maximum atomic E-state index is 13.0. The molecule has 1 atom stereocenters. The molecule has 1 unspecified atom stereocenters. The smallest absolute Gasteiger partial charge is 0.337 e. The van der Waals surface area contributed by atoms with Crippen LogP contribution in [0.3, 0.4) is 0 Å². The SMILES string of the molecule is COC(=O)C1=C2C(=O)NCCN2C2=C(C(=O)CCC2)C1c1ccc(N(C)C)cc1. The van der Waals surface area contributed by atoms with Crippen LogP contribution in [0.2, 0.25) is 0 Å². The molecule has 2 heterocycles. The Kier molecular flexibility index (Phi) is 4.90. The first kappa shape index (κ1) is 19.2. The predicted molar refractivity (Wildman–Crippen MR) is 108 cm³/mol. The first-order valence-electron chi connectivity index (χ1n) is 9.85. The van der Waals surface area contributed by atoms with Crippen molar-refractivity contribution in [2.75, 3.05) is 39.2 Å². The Labute approximate surface area is 170 Å². The third-order valence-corrected chi connectivity index (χ3v) is 5.84. The molecule has 1 aromatic carbocycles. The van der Waals surface area contributed by atoms with Crippen molar-refractivity contribution >= 4 is 23.3 Å². The summed E-state index contributed by atoms with van der Waals surface area (Å²) in [5, 5.41) is 2.83. The normalized spacial score (nSPS) is 21.5. The van der Waals surface area contributed by atoms with Gasteiger partial charge in [0.1, 0.15) is 5.70 Å². The molecule has 2 aliphatic heterocycles. The predicted octanol–water partition coefficient (Wildman–Crippen LogP) is 1.72. The zero-order valence-electron chi connectivity index (χ0n) is 16.9. The number of allylic oxidation sites excluding steroid dienone is 2. The first-order valence-corrected chi connectivity index (χ1v) is 9.85. The second-order valence-electron chi connectivity index (χ2n) is 7.72. The Balaban J connectivity index is 1.95. The lowest BCUT2D eigenvalue weighted by Gasteiger charge is -2.43. The van der Waals surface area contributed by atoms with Crippen LogP contribution in [0.5, 0.6) is 0 Å². The fourth-order valence-corrected chi connectivity index (χ4v) is 4.50. The molecule has 3 aliphatic rings. The molecule has 1 aliphatic carbocycles. The lowest BCUT2D eigenvalue weighted by atomic mass is 9.74. The van der Waals surface area contributed by atoms with Gasteiger partial charge in [-0.15, -0.1) is 0 Å². The number of hydrogen-bond acceptors (Lipinski definition) is 6. The third-order valence-electron chi connectivity index (χ3n) is 5.84. The number of nitrogens with one attached hydrogen (secondary N) is 1. The topological polar surface area (TPSA) is 79.0 Å². The quantitative estimate of drug-likeness (QED) is 0.785. The molecule has 152 valence electrons. The van der Waals surface area contributed by atoms with Crippen LogP contribution in [0.15, 0.2) is 46.8 Å². The summed E-state index contributed by atoms with van der Waals surface area (Å²) < 4.78 is 5.07. The number of ketones is 1. The van der Waals surface area contributed by atoms with E-state index in [0.29, 0.717) is 30.8 Å². The van der Waals surface area contributed by atoms with Crippen molar-refractivity contribution in [2.24, 2.45) is 0 Å². The molecular weight excluding hydrogens is 370 g/mol. The van der Waals surface area contributed by atoms with Crippen molar-refractivity contribution in [3.8, 4) is 0 Å². The monoisotopic (exact) mass is 395 g/mol. The van der Waals surface area contributed by atoms with Crippen LogP contribution in [-0.4, -0.2) is 56.9 Å². The fourth-order valence-electron chi connectivity index (χ4n) is 4.50. The maximum absolute atomic E-state index is 13.0. The van der Waals surface area contributed by atoms with Gasteiger partial charge in [-0.05, 0) is 30.5 Å². The maximum Gasteiger partial charge on any atom is 0.337 e. The van der Waals surface area contributed by atoms with Crippen molar-refractivity contribution in [1.82, 2.24) is 10.2 Å². The first-order chi connectivity index (χ1) is 13.9. The van der Waals surface area contributed by atoms with E-state index in [1.807, 2.05) is 48.2 Å². The standard InChI is InChI=1S/C22H25N3O4/c1-24(2)14-9-7-13(8-10-14)17-18-15(5-4-6-16(18)26)25-12-11-23-21(27)20(25)19(17)22(28)29-3/h7-10,17H,4-6,11-12H2,1-3H3,(H,23,27). The molecule has 0 spiro atoms. The second-order valence-corrected chi connectivity index (χ2v) is 7.72. The minimum absolute atomic E-state index is 0.0411. The molecule has 1 saturated heterocycles. The highest BCUT2D eigenvalue weighted by Crippen LogP contribution is 2.46. The summed E-state index contributed by atoms with van der Waals surface area (Å²) in [6, 6.07) is 7.75. The number of piperazine rings is 1. The number of anilines is 1. The highest BCUT2D eigenvalue weighted by molar-refractivity contribution is 6.09. The molecule has 7 nitrogen and oxygen atoms in total. The van der Waals surface area contributed by atoms with E-state index in [1.54, 1.807) is 0 Å². The van der Waals surface area contributed by atoms with E-state index in [9.17, 15) is 14.4 Å². The Hall–Kier alpha value is -3.09. The number of nitrogens with zero attached hydrogens (tertiary/aromatic N) is 2. The van der Waals surface area contributed by atoms with Gasteiger partial charge in [0.25, 0.3) is 5.91 Å². The number of Topliss-reactive ketones (excluding diaryl/α,β-unsaturated/α-hetero) is 1. The summed E-state index contributed by atoms with van der Waals surface area (Å²) >= 11 is 0. The Morgan fingerprint density at radius 2 is 1.90 bits per heavy atom. The zero-order valence-corrected chi connectivity index (χ0v) is 16.9. The van der Waals surface area contributed by atoms with Crippen molar-refractivity contribution in [2.45, 2.75) is 25.2 Å². The van der Waals surface area contributed by atoms with Crippen LogP contribution < -0.4 is 10.2 Å². The van der Waals surface area contributed by atoms with E-state index < -0.39 is 11.9 Å². The molecule has 1 amide bonds. The molecular formula is C22H25N3O4. The van der Waals surface area contributed by atoms with Crippen LogP contribution in [0.1, 0.15) is 30.7 Å². The van der Waals surface area contributed by atoms with Gasteiger partial charge in [-0.2, -0.15) is 0 Å². The minimum atomic E-state index is -0.600. The molecule has 1 fully saturated rings. The lowest BCUT2D eigenvalue weighted by molar-refractivity contribution is -0.137. The van der Waals surface area contributed by atoms with Gasteiger partial charge in [-0.3, -0.25) is 9.59 Å². The molecule has 4 rings (SSSR count). The molecule has 1 N–H and O–H groups in total. The molecule has 0 radical (unpaired) electrons. The highest BCUT2D eigenvalue weighted by atomic mass is 16.5. The number of amides is 1. The number of hydrogen-bond donors (Lipinski definition) is 1. The van der Waals surface area contributed by atoms with E-state index in [-0.39, 0.29) is 17.3 Å². The van der Waals surface area contributed by atoms with Gasteiger partial charge in [0, 0.05) is 56.5 Å². The number of ether oxygens (including phenoxy) is 1. The Morgan fingerprint density at radius 3 is 2.55 bits per heavy atom. The van der Waals surface area contributed by atoms with Crippen LogP contribution >= 0.6 is 0 Å². The van der Waals surface area contributed by atoms with E-state index in [4.69, 9.17) is 4.74 Å². The van der Waals surface area contributed by atoms with Gasteiger partial charge in [0.15, 0.2) is 5.78 Å². The van der Waals surface area contributed by atoms with Crippen molar-refractivity contribution in [3.63, 3.8) is 0 Å². The summed E-state index contributed by atoms with van der Waals surface area (Å²) in [7, 11) is 5.21. The van der Waals surface area contributed by atoms with Crippen LogP contribution in [0, 0.1) is 0 Å². The Bertz CT molecular complexity index is 943. The zero-order chi connectivity index (χ0) is 20.7. The number of rotatable bonds is 3. The minimum Gasteiger partial charge on any atom is -0.466 e. The van der Waals surface area contributed by atoms with Crippen LogP contribution in [-0.2, 0) is 19.1 Å². The van der Waals surface area contributed by atoms with Gasteiger partial charge >= 0.3 is 5.97 Å². The molecule has 0 bridgehead atoms. The summed E-state index contributed by atoms with van der Waals surface area (Å²) in [5.74, 6) is -1.43. The highest BCUT2D eigenvalue weighted by Gasteiger charge is 2.45. The number of methoxy groups -OCH3 is 1. The molecule has 7 heteroatoms. The van der Waals surface area contributed by atoms with Crippen LogP contribution in [0.4, 0.5) is 5.69 Å². The molecule has 29 heavy (non-hydrogen) atoms. The summed E-state index contributed by atoms with van der Waals surface area (Å²) in [5.41, 5.74) is 3.89. The van der Waals surface area contributed by atoms with Gasteiger partial charge in [-0.1, -0.05) is 12.1 Å². The average molecular weight is 395 g/mol. The van der Waals surface area contributed by atoms with Crippen molar-refractivity contribution < 1.29 is 19.1 Å². The number of carbonyl (C=O) groups excluding carboxylic acids is 3. The van der Waals surface area contributed by atoms with Gasteiger partial charge < -0.3 is 19.9 Å². The molecule has 0 aromatic heterocycles. The van der Waals surface area contributed by atoms with Gasteiger partial charge in [0.2, 0.25) is 0 Å². The van der Waals surface area contributed by atoms with Gasteiger partial charge in [0.05, 0.1) is 12.7 Å². The number of esters is 1. The van der Waals surface area contributed by atoms with E-state index in [0.717, 1.165) is 29.8 Å². The summed E-state index contributed by atoms with van der Waals surface area (Å²) in [6.07, 6.45) is 1.93. The fraction of sp³-hybridized carbons (Fsp3) is 0.409. The van der Waals surface area contributed by atoms with E-state index >= 15 is 0 Å². The average Bonchev–Trinajstić information content (AvgIpc) is 2.73. The number of fused-ring (bicyclic) bond motifs is 2. The molecule has 0 saturated carbocycles. The van der Waals surface area contributed by atoms with Crippen molar-refractivity contribution in [1.29, 1.82) is 0 Å². The van der Waals surface area contributed by atoms with Gasteiger partial charge in [-0.25, -0.2) is 4.79 Å². The van der Waals surface area contributed by atoms with E-state index in [1.165, 1.54) is 7.11 Å². The van der Waals surface area contributed by atoms with E-state index in [2.05, 4.69) is 5.32 Å². The summed E-state index contributed by atoms with van der Waals surface area (Å²) in [6.45, 7) is 1.02. The van der Waals surface area contributed by atoms with Crippen LogP contribution in [0.25, 0.3) is 0 Å². The second kappa shape index (κ2) is 7.39. The largest absolute Gasteiger partial charge is 0.466 e. The lowest BCUT2D eigenvalue weighted by Crippen LogP contribution is -2.50. The molecule has 1 aromatic rings. The third kappa shape index (κ3) is 3.10. The number of benzene rings is 1.